The van der Waals surface area contributed by atoms with Crippen LogP contribution >= 0.6 is 0 Å². The van der Waals surface area contributed by atoms with Crippen molar-refractivity contribution < 1.29 is 4.79 Å². The van der Waals surface area contributed by atoms with Crippen LogP contribution < -0.4 is 16.4 Å². The molecule has 0 bridgehead atoms. The Morgan fingerprint density at radius 2 is 1.91 bits per heavy atom. The van der Waals surface area contributed by atoms with E-state index >= 15 is 0 Å². The number of carbonyl (C=O) groups is 1. The second-order valence-corrected chi connectivity index (χ2v) is 5.83. The average Bonchev–Trinajstić information content (AvgIpc) is 3.34. The van der Waals surface area contributed by atoms with Crippen LogP contribution in [0.25, 0.3) is 0 Å². The summed E-state index contributed by atoms with van der Waals surface area (Å²) in [6.45, 7) is 2.09. The Labute approximate surface area is 130 Å². The number of nitrogens with two attached hydrogens (primary N) is 1. The normalized spacial score (nSPS) is 15.1. The summed E-state index contributed by atoms with van der Waals surface area (Å²) in [7, 11) is 0. The lowest BCUT2D eigenvalue weighted by atomic mass is 10.1. The van der Waals surface area contributed by atoms with E-state index in [0.29, 0.717) is 17.3 Å². The molecule has 0 heterocycles. The van der Waals surface area contributed by atoms with E-state index in [9.17, 15) is 4.79 Å². The third-order valence-corrected chi connectivity index (χ3v) is 3.90. The number of rotatable bonds is 5. The molecule has 1 atom stereocenters. The van der Waals surface area contributed by atoms with E-state index in [2.05, 4.69) is 29.7 Å². The van der Waals surface area contributed by atoms with Crippen molar-refractivity contribution in [2.45, 2.75) is 31.8 Å². The first-order chi connectivity index (χ1) is 10.6. The van der Waals surface area contributed by atoms with Crippen LogP contribution in [0, 0.1) is 0 Å². The van der Waals surface area contributed by atoms with Crippen LogP contribution in [0.1, 0.15) is 41.7 Å². The third-order valence-electron chi connectivity index (χ3n) is 3.90. The number of carbonyl (C=O) groups excluding carboxylic acids is 1. The molecule has 3 rings (SSSR count). The summed E-state index contributed by atoms with van der Waals surface area (Å²) in [4.78, 5) is 12.0. The van der Waals surface area contributed by atoms with Crippen LogP contribution in [0.2, 0.25) is 0 Å². The largest absolute Gasteiger partial charge is 0.397 e. The molecule has 0 spiro atoms. The molecule has 0 radical (unpaired) electrons. The molecule has 22 heavy (non-hydrogen) atoms. The molecule has 0 saturated heterocycles. The van der Waals surface area contributed by atoms with Gasteiger partial charge in [0.15, 0.2) is 0 Å². The monoisotopic (exact) mass is 295 g/mol. The molecule has 0 aromatic heterocycles. The van der Waals surface area contributed by atoms with Gasteiger partial charge >= 0.3 is 0 Å². The van der Waals surface area contributed by atoms with Crippen molar-refractivity contribution in [3.63, 3.8) is 0 Å². The van der Waals surface area contributed by atoms with Gasteiger partial charge in [0.1, 0.15) is 0 Å². The van der Waals surface area contributed by atoms with Crippen molar-refractivity contribution in [3.8, 4) is 0 Å². The lowest BCUT2D eigenvalue weighted by Crippen LogP contribution is -2.25. The second kappa shape index (κ2) is 6.10. The highest BCUT2D eigenvalue weighted by molar-refractivity contribution is 5.96. The minimum Gasteiger partial charge on any atom is -0.397 e. The predicted molar refractivity (Wildman–Crippen MR) is 89.8 cm³/mol. The van der Waals surface area contributed by atoms with Gasteiger partial charge in [-0.1, -0.05) is 30.3 Å². The lowest BCUT2D eigenvalue weighted by Gasteiger charge is -2.17. The first kappa shape index (κ1) is 14.4. The molecule has 4 N–H and O–H groups in total. The van der Waals surface area contributed by atoms with Crippen LogP contribution in [-0.4, -0.2) is 11.9 Å². The highest BCUT2D eigenvalue weighted by atomic mass is 16.1. The molecule has 2 aromatic rings. The van der Waals surface area contributed by atoms with Gasteiger partial charge in [-0.25, -0.2) is 0 Å². The van der Waals surface area contributed by atoms with E-state index in [4.69, 9.17) is 5.73 Å². The van der Waals surface area contributed by atoms with Crippen LogP contribution in [0.3, 0.4) is 0 Å². The van der Waals surface area contributed by atoms with Crippen molar-refractivity contribution in [3.05, 3.63) is 59.7 Å². The summed E-state index contributed by atoms with van der Waals surface area (Å²) in [5.74, 6) is -0.0446. The zero-order valence-electron chi connectivity index (χ0n) is 12.7. The number of amides is 1. The fourth-order valence-corrected chi connectivity index (χ4v) is 2.39. The van der Waals surface area contributed by atoms with E-state index in [1.165, 1.54) is 5.56 Å². The van der Waals surface area contributed by atoms with E-state index in [-0.39, 0.29) is 11.9 Å². The van der Waals surface area contributed by atoms with Crippen LogP contribution in [0.15, 0.2) is 48.5 Å². The molecule has 114 valence electrons. The molecule has 1 fully saturated rings. The summed E-state index contributed by atoms with van der Waals surface area (Å²) < 4.78 is 0. The molecule has 4 nitrogen and oxygen atoms in total. The van der Waals surface area contributed by atoms with Crippen LogP contribution in [0.5, 0.6) is 0 Å². The first-order valence-electron chi connectivity index (χ1n) is 7.65. The zero-order chi connectivity index (χ0) is 15.5. The smallest absolute Gasteiger partial charge is 0.251 e. The van der Waals surface area contributed by atoms with Gasteiger partial charge in [0.05, 0.1) is 11.4 Å². The maximum Gasteiger partial charge on any atom is 0.251 e. The Hall–Kier alpha value is -2.49. The zero-order valence-corrected chi connectivity index (χ0v) is 12.7. The standard InChI is InChI=1S/C18H21N3O/c1-12(13-5-3-2-4-6-13)20-17-10-7-14(11-16(17)19)18(22)21-15-8-9-15/h2-7,10-12,15,20H,8-9,19H2,1H3,(H,21,22)/t12-/m1/s1. The van der Waals surface area contributed by atoms with Gasteiger partial charge in [-0.05, 0) is 43.5 Å². The summed E-state index contributed by atoms with van der Waals surface area (Å²) in [6, 6.07) is 16.1. The number of benzene rings is 2. The third kappa shape index (κ3) is 3.39. The van der Waals surface area contributed by atoms with E-state index < -0.39 is 0 Å². The minimum atomic E-state index is -0.0446. The van der Waals surface area contributed by atoms with Crippen molar-refractivity contribution in [2.75, 3.05) is 11.1 Å². The highest BCUT2D eigenvalue weighted by Gasteiger charge is 2.24. The molecule has 1 aliphatic carbocycles. The molecule has 0 aliphatic heterocycles. The summed E-state index contributed by atoms with van der Waals surface area (Å²) in [5.41, 5.74) is 9.33. The molecular weight excluding hydrogens is 274 g/mol. The topological polar surface area (TPSA) is 67.2 Å². The molecule has 1 aliphatic rings. The Morgan fingerprint density at radius 3 is 2.55 bits per heavy atom. The first-order valence-corrected chi connectivity index (χ1v) is 7.65. The van der Waals surface area contributed by atoms with Gasteiger partial charge in [0.25, 0.3) is 5.91 Å². The maximum atomic E-state index is 12.0. The number of hydrogen-bond donors (Lipinski definition) is 3. The van der Waals surface area contributed by atoms with Gasteiger partial charge in [0, 0.05) is 17.6 Å². The van der Waals surface area contributed by atoms with Crippen molar-refractivity contribution >= 4 is 17.3 Å². The van der Waals surface area contributed by atoms with Crippen LogP contribution in [-0.2, 0) is 0 Å². The summed E-state index contributed by atoms with van der Waals surface area (Å²) in [5, 5.41) is 6.36. The number of nitrogens with one attached hydrogen (secondary N) is 2. The van der Waals surface area contributed by atoms with E-state index in [1.807, 2.05) is 30.3 Å². The molecular formula is C18H21N3O. The lowest BCUT2D eigenvalue weighted by molar-refractivity contribution is 0.0951. The van der Waals surface area contributed by atoms with Gasteiger partial charge in [0.2, 0.25) is 0 Å². The molecule has 0 unspecified atom stereocenters. The summed E-state index contributed by atoms with van der Waals surface area (Å²) in [6.07, 6.45) is 2.16. The Morgan fingerprint density at radius 1 is 1.18 bits per heavy atom. The fraction of sp³-hybridized carbons (Fsp3) is 0.278. The van der Waals surface area contributed by atoms with E-state index in [1.54, 1.807) is 6.07 Å². The van der Waals surface area contributed by atoms with Gasteiger partial charge in [-0.3, -0.25) is 4.79 Å². The number of anilines is 2. The molecule has 1 amide bonds. The van der Waals surface area contributed by atoms with Gasteiger partial charge in [-0.15, -0.1) is 0 Å². The maximum absolute atomic E-state index is 12.0. The van der Waals surface area contributed by atoms with E-state index in [0.717, 1.165) is 18.5 Å². The SMILES string of the molecule is C[C@@H](Nc1ccc(C(=O)NC2CC2)cc1N)c1ccccc1. The molecule has 2 aromatic carbocycles. The average molecular weight is 295 g/mol. The Balaban J connectivity index is 1.70. The molecule has 1 saturated carbocycles. The van der Waals surface area contributed by atoms with Gasteiger partial charge in [-0.2, -0.15) is 0 Å². The fourth-order valence-electron chi connectivity index (χ4n) is 2.39. The van der Waals surface area contributed by atoms with Crippen molar-refractivity contribution in [1.82, 2.24) is 5.32 Å². The highest BCUT2D eigenvalue weighted by Crippen LogP contribution is 2.26. The second-order valence-electron chi connectivity index (χ2n) is 5.83. The summed E-state index contributed by atoms with van der Waals surface area (Å²) >= 11 is 0. The Bertz CT molecular complexity index is 665. The molecule has 4 heteroatoms. The quantitative estimate of drug-likeness (QED) is 0.741. The number of hydrogen-bond acceptors (Lipinski definition) is 3. The van der Waals surface area contributed by atoms with Crippen molar-refractivity contribution in [2.24, 2.45) is 0 Å². The number of nitrogen functional groups attached to an aromatic ring is 1. The Kier molecular flexibility index (Phi) is 4.00. The minimum absolute atomic E-state index is 0.0446. The van der Waals surface area contributed by atoms with Gasteiger partial charge < -0.3 is 16.4 Å². The van der Waals surface area contributed by atoms with Crippen LogP contribution in [0.4, 0.5) is 11.4 Å². The predicted octanol–water partition coefficient (Wildman–Crippen LogP) is 3.33. The van der Waals surface area contributed by atoms with Crippen molar-refractivity contribution in [1.29, 1.82) is 0 Å².